The normalized spacial score (nSPS) is 17.9. The van der Waals surface area contributed by atoms with E-state index in [4.69, 9.17) is 14.2 Å². The molecule has 0 unspecified atom stereocenters. The van der Waals surface area contributed by atoms with Crippen LogP contribution in [0.5, 0.6) is 5.75 Å². The lowest BCUT2D eigenvalue weighted by atomic mass is 9.80. The lowest BCUT2D eigenvalue weighted by Crippen LogP contribution is -2.33. The number of allylic oxidation sites excluding steroid dienone is 2. The van der Waals surface area contributed by atoms with Gasteiger partial charge in [0.25, 0.3) is 0 Å². The van der Waals surface area contributed by atoms with E-state index in [2.05, 4.69) is 10.2 Å². The molecule has 31 heavy (non-hydrogen) atoms. The van der Waals surface area contributed by atoms with Crippen molar-refractivity contribution < 1.29 is 23.8 Å². The number of benzene rings is 1. The number of nitrogens with zero attached hydrogens (tertiary/aromatic N) is 1. The second-order valence-electron chi connectivity index (χ2n) is 7.94. The fraction of sp³-hybridized carbons (Fsp3) is 0.500. The first-order chi connectivity index (χ1) is 15.0. The minimum Gasteiger partial charge on any atom is -0.492 e. The molecule has 7 heteroatoms. The maximum Gasteiger partial charge on any atom is 0.336 e. The van der Waals surface area contributed by atoms with E-state index >= 15 is 0 Å². The van der Waals surface area contributed by atoms with Gasteiger partial charge in [0, 0.05) is 17.9 Å². The molecule has 168 valence electrons. The molecule has 1 aromatic rings. The molecule has 3 rings (SSSR count). The van der Waals surface area contributed by atoms with Crippen molar-refractivity contribution in [2.45, 2.75) is 39.0 Å². The Morgan fingerprint density at radius 2 is 1.61 bits per heavy atom. The topological polar surface area (TPSA) is 77.1 Å². The summed E-state index contributed by atoms with van der Waals surface area (Å²) in [5, 5.41) is 3.12. The summed E-state index contributed by atoms with van der Waals surface area (Å²) in [7, 11) is 2.67. The Morgan fingerprint density at radius 3 is 2.19 bits per heavy atom. The van der Waals surface area contributed by atoms with E-state index in [0.29, 0.717) is 34.9 Å². The van der Waals surface area contributed by atoms with Crippen LogP contribution in [0.3, 0.4) is 0 Å². The molecule has 0 aliphatic carbocycles. The summed E-state index contributed by atoms with van der Waals surface area (Å²) in [6.45, 7) is 7.32. The van der Waals surface area contributed by atoms with E-state index in [1.54, 1.807) is 13.8 Å². The molecule has 1 saturated heterocycles. The Bertz CT molecular complexity index is 846. The van der Waals surface area contributed by atoms with Crippen LogP contribution in [0.25, 0.3) is 0 Å². The van der Waals surface area contributed by atoms with Gasteiger partial charge in [-0.3, -0.25) is 4.90 Å². The van der Waals surface area contributed by atoms with Crippen LogP contribution in [0.15, 0.2) is 46.8 Å². The Morgan fingerprint density at radius 1 is 1.00 bits per heavy atom. The number of carbonyl (C=O) groups is 2. The number of carbonyl (C=O) groups excluding carboxylic acids is 2. The van der Waals surface area contributed by atoms with E-state index < -0.39 is 17.9 Å². The van der Waals surface area contributed by atoms with E-state index in [1.165, 1.54) is 33.5 Å². The summed E-state index contributed by atoms with van der Waals surface area (Å²) in [6.07, 6.45) is 3.80. The van der Waals surface area contributed by atoms with Gasteiger partial charge in [0.15, 0.2) is 0 Å². The largest absolute Gasteiger partial charge is 0.492 e. The van der Waals surface area contributed by atoms with Crippen molar-refractivity contribution in [3.8, 4) is 5.75 Å². The number of likely N-dealkylation sites (tertiary alicyclic amines) is 1. The first-order valence-corrected chi connectivity index (χ1v) is 10.8. The Labute approximate surface area is 184 Å². The van der Waals surface area contributed by atoms with Gasteiger partial charge in [0.2, 0.25) is 0 Å². The molecule has 0 amide bonds. The molecule has 1 aromatic carbocycles. The van der Waals surface area contributed by atoms with Crippen LogP contribution >= 0.6 is 0 Å². The minimum atomic E-state index is -0.605. The molecule has 1 fully saturated rings. The number of esters is 2. The minimum absolute atomic E-state index is 0.388. The van der Waals surface area contributed by atoms with Gasteiger partial charge in [-0.25, -0.2) is 9.59 Å². The predicted molar refractivity (Wildman–Crippen MR) is 118 cm³/mol. The fourth-order valence-corrected chi connectivity index (χ4v) is 4.35. The number of nitrogens with one attached hydrogen (secondary N) is 1. The summed E-state index contributed by atoms with van der Waals surface area (Å²) >= 11 is 0. The monoisotopic (exact) mass is 428 g/mol. The van der Waals surface area contributed by atoms with E-state index in [9.17, 15) is 9.59 Å². The van der Waals surface area contributed by atoms with Crippen LogP contribution in [0.1, 0.15) is 44.6 Å². The van der Waals surface area contributed by atoms with Gasteiger partial charge < -0.3 is 19.5 Å². The first-order valence-electron chi connectivity index (χ1n) is 10.8. The number of piperidine rings is 1. The highest BCUT2D eigenvalue weighted by atomic mass is 16.5. The molecule has 0 aromatic heterocycles. The van der Waals surface area contributed by atoms with E-state index in [-0.39, 0.29) is 0 Å². The Hall–Kier alpha value is -2.80. The standard InChI is InChI=1S/C24H32N2O5/c1-16-20(23(27)29-3)22(21(17(2)25-16)24(28)30-4)18-9-8-10-19(15-18)31-14-13-26-11-6-5-7-12-26/h8-10,15,22,25H,5-7,11-14H2,1-4H3. The fourth-order valence-electron chi connectivity index (χ4n) is 4.35. The zero-order valence-corrected chi connectivity index (χ0v) is 18.8. The number of rotatable bonds is 7. The highest BCUT2D eigenvalue weighted by molar-refractivity contribution is 5.99. The average Bonchev–Trinajstić information content (AvgIpc) is 2.78. The molecular weight excluding hydrogens is 396 g/mol. The number of hydrogen-bond donors (Lipinski definition) is 1. The smallest absolute Gasteiger partial charge is 0.336 e. The molecule has 2 aliphatic rings. The third-order valence-corrected chi connectivity index (χ3v) is 5.89. The van der Waals surface area contributed by atoms with Crippen LogP contribution in [-0.4, -0.2) is 57.3 Å². The molecular formula is C24H32N2O5. The van der Waals surface area contributed by atoms with Gasteiger partial charge in [0.1, 0.15) is 12.4 Å². The number of hydrogen-bond acceptors (Lipinski definition) is 7. The van der Waals surface area contributed by atoms with Crippen LogP contribution < -0.4 is 10.1 Å². The zero-order valence-electron chi connectivity index (χ0n) is 18.8. The lowest BCUT2D eigenvalue weighted by molar-refractivity contribution is -0.137. The van der Waals surface area contributed by atoms with Crippen LogP contribution in [0, 0.1) is 0 Å². The summed E-state index contributed by atoms with van der Waals surface area (Å²) in [6, 6.07) is 7.55. The second kappa shape index (κ2) is 10.5. The van der Waals surface area contributed by atoms with Crippen LogP contribution in [-0.2, 0) is 19.1 Å². The summed E-state index contributed by atoms with van der Waals surface area (Å²) in [5.74, 6) is -0.871. The van der Waals surface area contributed by atoms with E-state index in [1.807, 2.05) is 24.3 Å². The third kappa shape index (κ3) is 5.28. The molecule has 1 N–H and O–H groups in total. The number of ether oxygens (including phenoxy) is 3. The number of dihydropyridines is 1. The van der Waals surface area contributed by atoms with Gasteiger partial charge >= 0.3 is 11.9 Å². The first kappa shape index (κ1) is 22.9. The Balaban J connectivity index is 1.87. The van der Waals surface area contributed by atoms with Gasteiger partial charge in [-0.15, -0.1) is 0 Å². The predicted octanol–water partition coefficient (Wildman–Crippen LogP) is 3.13. The van der Waals surface area contributed by atoms with Gasteiger partial charge in [-0.05, 0) is 57.5 Å². The Kier molecular flexibility index (Phi) is 7.74. The highest BCUT2D eigenvalue weighted by Crippen LogP contribution is 2.40. The molecule has 0 radical (unpaired) electrons. The van der Waals surface area contributed by atoms with Crippen molar-refractivity contribution >= 4 is 11.9 Å². The summed E-state index contributed by atoms with van der Waals surface area (Å²) in [4.78, 5) is 27.7. The zero-order chi connectivity index (χ0) is 22.4. The number of methoxy groups -OCH3 is 2. The van der Waals surface area contributed by atoms with Gasteiger partial charge in [0.05, 0.1) is 31.3 Å². The van der Waals surface area contributed by atoms with Crippen molar-refractivity contribution in [2.24, 2.45) is 0 Å². The SMILES string of the molecule is COC(=O)C1=C(C)NC(C)=C(C(=O)OC)C1c1cccc(OCCN2CCCCC2)c1. The maximum absolute atomic E-state index is 12.6. The van der Waals surface area contributed by atoms with Gasteiger partial charge in [-0.1, -0.05) is 18.6 Å². The van der Waals surface area contributed by atoms with Crippen molar-refractivity contribution in [3.63, 3.8) is 0 Å². The second-order valence-corrected chi connectivity index (χ2v) is 7.94. The molecule has 0 spiro atoms. The molecule has 7 nitrogen and oxygen atoms in total. The van der Waals surface area contributed by atoms with Crippen LogP contribution in [0.2, 0.25) is 0 Å². The highest BCUT2D eigenvalue weighted by Gasteiger charge is 2.37. The van der Waals surface area contributed by atoms with Crippen molar-refractivity contribution in [1.29, 1.82) is 0 Å². The van der Waals surface area contributed by atoms with Crippen LogP contribution in [0.4, 0.5) is 0 Å². The summed E-state index contributed by atoms with van der Waals surface area (Å²) < 4.78 is 16.1. The van der Waals surface area contributed by atoms with Crippen molar-refractivity contribution in [1.82, 2.24) is 10.2 Å². The quantitative estimate of drug-likeness (QED) is 0.669. The molecule has 2 aliphatic heterocycles. The van der Waals surface area contributed by atoms with Gasteiger partial charge in [-0.2, -0.15) is 0 Å². The summed E-state index contributed by atoms with van der Waals surface area (Å²) in [5.41, 5.74) is 2.85. The molecule has 0 bridgehead atoms. The average molecular weight is 429 g/mol. The third-order valence-electron chi connectivity index (χ3n) is 5.89. The van der Waals surface area contributed by atoms with Crippen molar-refractivity contribution in [2.75, 3.05) is 40.5 Å². The van der Waals surface area contributed by atoms with E-state index in [0.717, 1.165) is 25.2 Å². The molecule has 0 saturated carbocycles. The lowest BCUT2D eigenvalue weighted by Gasteiger charge is -2.30. The maximum atomic E-state index is 12.6. The van der Waals surface area contributed by atoms with Crippen molar-refractivity contribution in [3.05, 3.63) is 52.4 Å². The molecule has 0 atom stereocenters. The molecule has 2 heterocycles.